The van der Waals surface area contributed by atoms with E-state index in [4.69, 9.17) is 23.1 Å². The van der Waals surface area contributed by atoms with Crippen LogP contribution in [0.4, 0.5) is 0 Å². The molecule has 3 aromatic carbocycles. The van der Waals surface area contributed by atoms with E-state index in [9.17, 15) is 42.3 Å². The van der Waals surface area contributed by atoms with Crippen molar-refractivity contribution in [3.8, 4) is 0 Å². The summed E-state index contributed by atoms with van der Waals surface area (Å²) >= 11 is 0. The van der Waals surface area contributed by atoms with E-state index in [-0.39, 0.29) is 85.4 Å². The van der Waals surface area contributed by atoms with Crippen LogP contribution < -0.4 is 10.6 Å². The molecule has 1 unspecified atom stereocenters. The van der Waals surface area contributed by atoms with E-state index in [0.717, 1.165) is 24.1 Å². The summed E-state index contributed by atoms with van der Waals surface area (Å²) in [5.41, 5.74) is -0.0678. The number of nitrogens with one attached hydrogen (secondary N) is 2. The average Bonchev–Trinajstić information content (AvgIpc) is 3.92. The molecular weight excluding hydrogens is 1060 g/mol. The number of Topliss-reactive ketones (excluding diaryl/α,β-unsaturated/α-hetero) is 4. The van der Waals surface area contributed by atoms with Crippen molar-refractivity contribution in [1.29, 1.82) is 0 Å². The maximum atomic E-state index is 14.6. The third-order valence-corrected chi connectivity index (χ3v) is 15.1. The maximum absolute atomic E-state index is 14.6. The minimum Gasteiger partial charge on any atom is -0.382 e. The van der Waals surface area contributed by atoms with Crippen molar-refractivity contribution in [3.05, 3.63) is 114 Å². The van der Waals surface area contributed by atoms with Gasteiger partial charge in [-0.05, 0) is 74.1 Å². The number of hydrogen-bond acceptors (Lipinski definition) is 17. The predicted molar refractivity (Wildman–Crippen MR) is 303 cm³/mol. The third-order valence-electron chi connectivity index (χ3n) is 13.8. The quantitative estimate of drug-likeness (QED) is 0.0294. The molecule has 0 radical (unpaired) electrons. The molecule has 1 fully saturated rings. The Morgan fingerprint density at radius 3 is 2.04 bits per heavy atom. The van der Waals surface area contributed by atoms with Gasteiger partial charge in [0.15, 0.2) is 17.3 Å². The van der Waals surface area contributed by atoms with Crippen molar-refractivity contribution in [2.75, 3.05) is 79.6 Å². The summed E-state index contributed by atoms with van der Waals surface area (Å²) in [4.78, 5) is 86.3. The first-order valence-corrected chi connectivity index (χ1v) is 29.5. The van der Waals surface area contributed by atoms with E-state index in [1.165, 1.54) is 18.2 Å². The second-order valence-corrected chi connectivity index (χ2v) is 23.4. The minimum absolute atomic E-state index is 0.00444. The molecule has 444 valence electrons. The summed E-state index contributed by atoms with van der Waals surface area (Å²) in [7, 11) is -3.05. The second-order valence-electron chi connectivity index (χ2n) is 21.8. The largest absolute Gasteiger partial charge is 0.382 e. The lowest BCUT2D eigenvalue weighted by molar-refractivity contribution is -0.143. The minimum atomic E-state index is -4.65. The number of ether oxygens (including phenoxy) is 4. The first-order chi connectivity index (χ1) is 38.7. The van der Waals surface area contributed by atoms with Crippen LogP contribution in [0.3, 0.4) is 0 Å². The van der Waals surface area contributed by atoms with Gasteiger partial charge in [0, 0.05) is 69.5 Å². The van der Waals surface area contributed by atoms with Gasteiger partial charge in [-0.1, -0.05) is 106 Å². The van der Waals surface area contributed by atoms with Crippen LogP contribution in [-0.2, 0) is 83.0 Å². The molecular formula is C60H84N6O14S. The number of morpholine rings is 1. The topological polar surface area (TPSA) is 261 Å². The number of amides is 2. The third kappa shape index (κ3) is 23.5. The average molecular weight is 1150 g/mol. The van der Waals surface area contributed by atoms with E-state index < -0.39 is 69.6 Å². The lowest BCUT2D eigenvalue weighted by atomic mass is 9.86. The number of benzene rings is 3. The Hall–Kier alpha value is -5.91. The smallest absolute Gasteiger partial charge is 0.297 e. The SMILES string of the molecule is COCCOCCOCCn1cc(CCC(=O)c2cccc(S(=O)(=O)OCC(C)(O)C(=O)[C@H](CC(C)C)NC(=O)[C@@H](CC(=O)[C@H](CC(C)C)NC(=O)[C@H](CCc3ccccc3)CC(=O)CN3CCOCC3)Cc3ccccc3)c2)nn1. The van der Waals surface area contributed by atoms with Gasteiger partial charge in [-0.3, -0.25) is 37.9 Å². The summed E-state index contributed by atoms with van der Waals surface area (Å²) < 4.78 is 55.5. The molecule has 1 aromatic heterocycles. The van der Waals surface area contributed by atoms with E-state index in [2.05, 4.69) is 20.9 Å². The molecule has 20 nitrogen and oxygen atoms in total. The number of aryl methyl sites for hydroxylation is 2. The summed E-state index contributed by atoms with van der Waals surface area (Å²) in [5.74, 6) is -4.90. The Morgan fingerprint density at radius 2 is 1.37 bits per heavy atom. The zero-order valence-corrected chi connectivity index (χ0v) is 48.7. The highest BCUT2D eigenvalue weighted by Crippen LogP contribution is 2.24. The lowest BCUT2D eigenvalue weighted by Crippen LogP contribution is -2.54. The van der Waals surface area contributed by atoms with Crippen molar-refractivity contribution in [2.24, 2.45) is 23.7 Å². The van der Waals surface area contributed by atoms with Gasteiger partial charge in [-0.15, -0.1) is 5.10 Å². The van der Waals surface area contributed by atoms with Gasteiger partial charge in [0.1, 0.15) is 18.0 Å². The van der Waals surface area contributed by atoms with Crippen molar-refractivity contribution in [3.63, 3.8) is 0 Å². The van der Waals surface area contributed by atoms with Gasteiger partial charge in [-0.25, -0.2) is 4.68 Å². The zero-order chi connectivity index (χ0) is 58.8. The molecule has 0 aliphatic carbocycles. The predicted octanol–water partition coefficient (Wildman–Crippen LogP) is 5.22. The number of aromatic nitrogens is 3. The lowest BCUT2D eigenvalue weighted by Gasteiger charge is -2.30. The highest BCUT2D eigenvalue weighted by atomic mass is 32.2. The summed E-state index contributed by atoms with van der Waals surface area (Å²) in [6.45, 7) is 12.6. The summed E-state index contributed by atoms with van der Waals surface area (Å²) in [6, 6.07) is 21.6. The number of ketones is 4. The molecule has 4 aromatic rings. The Balaban J connectivity index is 1.24. The van der Waals surface area contributed by atoms with Crippen molar-refractivity contribution >= 4 is 45.1 Å². The molecule has 1 aliphatic rings. The van der Waals surface area contributed by atoms with Crippen LogP contribution in [0.25, 0.3) is 0 Å². The fraction of sp³-hybridized carbons (Fsp3) is 0.567. The Bertz CT molecular complexity index is 2710. The van der Waals surface area contributed by atoms with Crippen LogP contribution in [0.1, 0.15) is 100 Å². The van der Waals surface area contributed by atoms with Crippen LogP contribution >= 0.6 is 0 Å². The fourth-order valence-corrected chi connectivity index (χ4v) is 10.4. The maximum Gasteiger partial charge on any atom is 0.297 e. The van der Waals surface area contributed by atoms with E-state index in [1.54, 1.807) is 30.1 Å². The first-order valence-electron chi connectivity index (χ1n) is 28.1. The Labute approximate surface area is 477 Å². The molecule has 0 saturated carbocycles. The number of hydrogen-bond donors (Lipinski definition) is 3. The molecule has 2 amide bonds. The molecule has 81 heavy (non-hydrogen) atoms. The second kappa shape index (κ2) is 33.9. The highest BCUT2D eigenvalue weighted by molar-refractivity contribution is 7.86. The van der Waals surface area contributed by atoms with Crippen LogP contribution in [0.2, 0.25) is 0 Å². The molecule has 21 heteroatoms. The molecule has 0 bridgehead atoms. The number of rotatable bonds is 39. The van der Waals surface area contributed by atoms with E-state index in [1.807, 2.05) is 81.1 Å². The summed E-state index contributed by atoms with van der Waals surface area (Å²) in [6.07, 6.45) is 2.88. The standard InChI is InChI=1S/C60H84N6O14S/c1-43(2)34-53(61-58(71)48(21-20-45-14-9-7-10-15-45)37-51(67)41-65-24-27-77-28-25-65)56(69)39-49(36-46-16-11-8-12-17-46)59(72)62-54(35-44(3)4)57(70)60(5,73)42-80-81(74,75)52-19-13-18-47(38-52)55(68)23-22-50-40-66(64-63-50)26-29-78-32-33-79-31-30-76-6/h7-19,38,40,43-44,48-49,53-54,73H,20-37,39,41-42H2,1-6H3,(H,61,71)(H,62,72)/t48-,49-,53+,54+,60?/m1/s1. The molecule has 0 spiro atoms. The summed E-state index contributed by atoms with van der Waals surface area (Å²) in [5, 5.41) is 25.7. The van der Waals surface area contributed by atoms with Gasteiger partial charge < -0.3 is 34.7 Å². The van der Waals surface area contributed by atoms with Crippen molar-refractivity contribution in [1.82, 2.24) is 30.5 Å². The number of carbonyl (C=O) groups is 6. The number of nitrogens with zero attached hydrogens (tertiary/aromatic N) is 4. The van der Waals surface area contributed by atoms with Gasteiger partial charge in [0.2, 0.25) is 11.8 Å². The molecule has 1 aliphatic heterocycles. The first kappa shape index (κ1) is 65.9. The van der Waals surface area contributed by atoms with Crippen LogP contribution in [-0.4, -0.2) is 166 Å². The van der Waals surface area contributed by atoms with Crippen LogP contribution in [0.5, 0.6) is 0 Å². The fourth-order valence-electron chi connectivity index (χ4n) is 9.33. The van der Waals surface area contributed by atoms with Gasteiger partial charge in [0.25, 0.3) is 10.1 Å². The normalized spacial score (nSPS) is 15.4. The number of aliphatic hydroxyl groups is 1. The van der Waals surface area contributed by atoms with Gasteiger partial charge >= 0.3 is 0 Å². The van der Waals surface area contributed by atoms with Gasteiger partial charge in [-0.2, -0.15) is 8.42 Å². The van der Waals surface area contributed by atoms with Crippen molar-refractivity contribution in [2.45, 2.75) is 122 Å². The monoisotopic (exact) mass is 1140 g/mol. The molecule has 1 saturated heterocycles. The Kier molecular flexibility index (Phi) is 27.6. The number of methoxy groups -OCH3 is 1. The molecule has 5 rings (SSSR count). The van der Waals surface area contributed by atoms with Gasteiger partial charge in [0.05, 0.1) is 82.0 Å². The van der Waals surface area contributed by atoms with Crippen LogP contribution in [0, 0.1) is 23.7 Å². The highest BCUT2D eigenvalue weighted by Gasteiger charge is 2.40. The van der Waals surface area contributed by atoms with E-state index >= 15 is 0 Å². The number of carbonyl (C=O) groups excluding carboxylic acids is 6. The molecule has 2 heterocycles. The Morgan fingerprint density at radius 1 is 0.753 bits per heavy atom. The molecule has 5 atom stereocenters. The van der Waals surface area contributed by atoms with E-state index in [0.29, 0.717) is 84.4 Å². The van der Waals surface area contributed by atoms with Crippen molar-refractivity contribution < 1.29 is 65.4 Å². The van der Waals surface area contributed by atoms with Crippen LogP contribution in [0.15, 0.2) is 96.0 Å². The molecule has 3 N–H and O–H groups in total. The zero-order valence-electron chi connectivity index (χ0n) is 47.9.